The number of rotatable bonds is 5. The van der Waals surface area contributed by atoms with Crippen LogP contribution in [-0.2, 0) is 11.2 Å². The first-order valence-electron chi connectivity index (χ1n) is 6.78. The van der Waals surface area contributed by atoms with Crippen molar-refractivity contribution >= 4 is 11.8 Å². The van der Waals surface area contributed by atoms with Crippen molar-refractivity contribution in [1.29, 1.82) is 0 Å². The van der Waals surface area contributed by atoms with Gasteiger partial charge in [-0.25, -0.2) is 4.79 Å². The van der Waals surface area contributed by atoms with Gasteiger partial charge in [0.05, 0.1) is 6.61 Å². The van der Waals surface area contributed by atoms with Gasteiger partial charge in [0.1, 0.15) is 0 Å². The smallest absolute Gasteiger partial charge is 0.411 e. The Morgan fingerprint density at radius 2 is 1.75 bits per heavy atom. The summed E-state index contributed by atoms with van der Waals surface area (Å²) in [6, 6.07) is 17.8. The molecular weight excluding hydrogens is 250 g/mol. The molecule has 0 saturated heterocycles. The molecule has 0 heterocycles. The monoisotopic (exact) mass is 269 g/mol. The van der Waals surface area contributed by atoms with Gasteiger partial charge >= 0.3 is 6.09 Å². The van der Waals surface area contributed by atoms with E-state index in [1.54, 1.807) is 0 Å². The van der Waals surface area contributed by atoms with Crippen LogP contribution in [0.4, 0.5) is 10.5 Å². The SMILES string of the molecule is Cc1ccc(NC(=O)OCCCc2ccccc2)cc1. The summed E-state index contributed by atoms with van der Waals surface area (Å²) >= 11 is 0. The predicted octanol–water partition coefficient (Wildman–Crippen LogP) is 4.18. The third-order valence-electron chi connectivity index (χ3n) is 2.98. The van der Waals surface area contributed by atoms with Crippen molar-refractivity contribution in [2.24, 2.45) is 0 Å². The molecule has 3 heteroatoms. The summed E-state index contributed by atoms with van der Waals surface area (Å²) in [5, 5.41) is 2.71. The van der Waals surface area contributed by atoms with Crippen molar-refractivity contribution in [1.82, 2.24) is 0 Å². The zero-order valence-corrected chi connectivity index (χ0v) is 11.6. The Hall–Kier alpha value is -2.29. The highest BCUT2D eigenvalue weighted by atomic mass is 16.5. The lowest BCUT2D eigenvalue weighted by Crippen LogP contribution is -2.14. The summed E-state index contributed by atoms with van der Waals surface area (Å²) in [6.07, 6.45) is 1.34. The normalized spacial score (nSPS) is 10.1. The quantitative estimate of drug-likeness (QED) is 0.827. The average Bonchev–Trinajstić information content (AvgIpc) is 2.47. The second kappa shape index (κ2) is 7.34. The van der Waals surface area contributed by atoms with Gasteiger partial charge in [-0.05, 0) is 37.5 Å². The minimum absolute atomic E-state index is 0.401. The summed E-state index contributed by atoms with van der Waals surface area (Å²) < 4.78 is 5.15. The minimum Gasteiger partial charge on any atom is -0.449 e. The van der Waals surface area contributed by atoms with Crippen LogP contribution in [0, 0.1) is 6.92 Å². The van der Waals surface area contributed by atoms with Gasteiger partial charge in [0, 0.05) is 5.69 Å². The summed E-state index contributed by atoms with van der Waals surface area (Å²) in [6.45, 7) is 2.43. The molecule has 3 nitrogen and oxygen atoms in total. The number of nitrogens with one attached hydrogen (secondary N) is 1. The van der Waals surface area contributed by atoms with Gasteiger partial charge in [-0.1, -0.05) is 48.0 Å². The molecule has 2 rings (SSSR count). The molecule has 0 bridgehead atoms. The van der Waals surface area contributed by atoms with Crippen molar-refractivity contribution in [3.05, 3.63) is 65.7 Å². The molecule has 0 aliphatic heterocycles. The molecule has 0 spiro atoms. The zero-order chi connectivity index (χ0) is 14.2. The first-order chi connectivity index (χ1) is 9.74. The lowest BCUT2D eigenvalue weighted by Gasteiger charge is -2.07. The van der Waals surface area contributed by atoms with E-state index in [9.17, 15) is 4.79 Å². The highest BCUT2D eigenvalue weighted by molar-refractivity contribution is 5.84. The number of amides is 1. The standard InChI is InChI=1S/C17H19NO2/c1-14-9-11-16(12-10-14)18-17(19)20-13-5-8-15-6-3-2-4-7-15/h2-4,6-7,9-12H,5,8,13H2,1H3,(H,18,19). The fourth-order valence-corrected chi connectivity index (χ4v) is 1.88. The van der Waals surface area contributed by atoms with Crippen LogP contribution in [0.3, 0.4) is 0 Å². The number of hydrogen-bond acceptors (Lipinski definition) is 2. The molecule has 0 radical (unpaired) electrons. The lowest BCUT2D eigenvalue weighted by atomic mass is 10.1. The topological polar surface area (TPSA) is 38.3 Å². The maximum Gasteiger partial charge on any atom is 0.411 e. The first kappa shape index (κ1) is 14.1. The van der Waals surface area contributed by atoms with E-state index in [0.717, 1.165) is 24.1 Å². The summed E-state index contributed by atoms with van der Waals surface area (Å²) in [4.78, 5) is 11.6. The van der Waals surface area contributed by atoms with E-state index in [4.69, 9.17) is 4.74 Å². The largest absolute Gasteiger partial charge is 0.449 e. The molecule has 1 amide bonds. The van der Waals surface area contributed by atoms with Crippen molar-refractivity contribution in [2.75, 3.05) is 11.9 Å². The fraction of sp³-hybridized carbons (Fsp3) is 0.235. The van der Waals surface area contributed by atoms with Gasteiger partial charge in [-0.2, -0.15) is 0 Å². The minimum atomic E-state index is -0.401. The molecule has 104 valence electrons. The van der Waals surface area contributed by atoms with Crippen molar-refractivity contribution in [3.8, 4) is 0 Å². The average molecular weight is 269 g/mol. The van der Waals surface area contributed by atoms with E-state index in [1.807, 2.05) is 49.4 Å². The van der Waals surface area contributed by atoms with Gasteiger partial charge in [-0.15, -0.1) is 0 Å². The van der Waals surface area contributed by atoms with Crippen molar-refractivity contribution in [2.45, 2.75) is 19.8 Å². The Morgan fingerprint density at radius 3 is 2.45 bits per heavy atom. The predicted molar refractivity (Wildman–Crippen MR) is 80.9 cm³/mol. The Balaban J connectivity index is 1.66. The van der Waals surface area contributed by atoms with Gasteiger partial charge in [0.25, 0.3) is 0 Å². The van der Waals surface area contributed by atoms with Crippen LogP contribution in [0.1, 0.15) is 17.5 Å². The second-order valence-corrected chi connectivity index (χ2v) is 4.72. The van der Waals surface area contributed by atoms with Crippen LogP contribution < -0.4 is 5.32 Å². The van der Waals surface area contributed by atoms with Crippen LogP contribution in [0.5, 0.6) is 0 Å². The number of ether oxygens (including phenoxy) is 1. The van der Waals surface area contributed by atoms with E-state index in [1.165, 1.54) is 5.56 Å². The van der Waals surface area contributed by atoms with Crippen LogP contribution >= 0.6 is 0 Å². The number of carbonyl (C=O) groups excluding carboxylic acids is 1. The van der Waals surface area contributed by atoms with Crippen LogP contribution in [0.15, 0.2) is 54.6 Å². The first-order valence-corrected chi connectivity index (χ1v) is 6.78. The number of benzene rings is 2. The Kier molecular flexibility index (Phi) is 5.18. The molecular formula is C17H19NO2. The maximum absolute atomic E-state index is 11.6. The number of carbonyl (C=O) groups is 1. The maximum atomic E-state index is 11.6. The van der Waals surface area contributed by atoms with E-state index in [-0.39, 0.29) is 0 Å². The molecule has 0 fully saturated rings. The molecule has 2 aromatic carbocycles. The summed E-state index contributed by atoms with van der Waals surface area (Å²) in [7, 11) is 0. The number of hydrogen-bond donors (Lipinski definition) is 1. The van der Waals surface area contributed by atoms with E-state index < -0.39 is 6.09 Å². The van der Waals surface area contributed by atoms with Gasteiger partial charge in [0.2, 0.25) is 0 Å². The highest BCUT2D eigenvalue weighted by Crippen LogP contribution is 2.09. The van der Waals surface area contributed by atoms with E-state index >= 15 is 0 Å². The molecule has 0 unspecified atom stereocenters. The molecule has 20 heavy (non-hydrogen) atoms. The molecule has 0 saturated carbocycles. The van der Waals surface area contributed by atoms with Crippen LogP contribution in [-0.4, -0.2) is 12.7 Å². The molecule has 1 N–H and O–H groups in total. The molecule has 0 atom stereocenters. The summed E-state index contributed by atoms with van der Waals surface area (Å²) in [5.41, 5.74) is 3.17. The van der Waals surface area contributed by atoms with Crippen LogP contribution in [0.2, 0.25) is 0 Å². The third kappa shape index (κ3) is 4.76. The van der Waals surface area contributed by atoms with Gasteiger partial charge < -0.3 is 4.74 Å². The van der Waals surface area contributed by atoms with E-state index in [0.29, 0.717) is 6.61 Å². The number of aryl methyl sites for hydroxylation is 2. The number of anilines is 1. The molecule has 0 aromatic heterocycles. The third-order valence-corrected chi connectivity index (χ3v) is 2.98. The highest BCUT2D eigenvalue weighted by Gasteiger charge is 2.02. The van der Waals surface area contributed by atoms with Crippen molar-refractivity contribution < 1.29 is 9.53 Å². The summed E-state index contributed by atoms with van der Waals surface area (Å²) in [5.74, 6) is 0. The van der Waals surface area contributed by atoms with Crippen LogP contribution in [0.25, 0.3) is 0 Å². The van der Waals surface area contributed by atoms with Gasteiger partial charge in [0.15, 0.2) is 0 Å². The molecule has 0 aliphatic rings. The zero-order valence-electron chi connectivity index (χ0n) is 11.6. The Labute approximate surface area is 119 Å². The molecule has 0 aliphatic carbocycles. The van der Waals surface area contributed by atoms with Gasteiger partial charge in [-0.3, -0.25) is 5.32 Å². The Bertz CT molecular complexity index is 535. The van der Waals surface area contributed by atoms with E-state index in [2.05, 4.69) is 17.4 Å². The van der Waals surface area contributed by atoms with Crippen molar-refractivity contribution in [3.63, 3.8) is 0 Å². The lowest BCUT2D eigenvalue weighted by molar-refractivity contribution is 0.160. The molecule has 2 aromatic rings. The second-order valence-electron chi connectivity index (χ2n) is 4.72. The fourth-order valence-electron chi connectivity index (χ4n) is 1.88. The Morgan fingerprint density at radius 1 is 1.05 bits per heavy atom.